The molecule has 1 N–H and O–H groups in total. The van der Waals surface area contributed by atoms with Crippen molar-refractivity contribution in [2.24, 2.45) is 0 Å². The molecule has 0 fully saturated rings. The summed E-state index contributed by atoms with van der Waals surface area (Å²) in [6.45, 7) is 6.83. The van der Waals surface area contributed by atoms with Crippen LogP contribution in [-0.2, 0) is 27.9 Å². The Morgan fingerprint density at radius 2 is 0.805 bits per heavy atom. The number of nitrogens with one attached hydrogen (secondary N) is 1. The van der Waals surface area contributed by atoms with E-state index < -0.39 is 26.6 Å². The van der Waals surface area contributed by atoms with Gasteiger partial charge in [0.1, 0.15) is 19.3 Å². The van der Waals surface area contributed by atoms with Gasteiger partial charge in [0.25, 0.3) is 7.82 Å². The molecule has 0 saturated carbocycles. The summed E-state index contributed by atoms with van der Waals surface area (Å²) < 4.78 is 30.3. The van der Waals surface area contributed by atoms with E-state index in [2.05, 4.69) is 44.3 Å². The van der Waals surface area contributed by atoms with Crippen LogP contribution < -0.4 is 10.2 Å². The van der Waals surface area contributed by atoms with E-state index in [0.717, 1.165) is 51.4 Å². The fourth-order valence-corrected chi connectivity index (χ4v) is 10.7. The lowest BCUT2D eigenvalue weighted by molar-refractivity contribution is -0.870. The molecule has 0 heterocycles. The number of phosphoric ester groups is 1. The average Bonchev–Trinajstić information content (AvgIpc) is 3.39. The van der Waals surface area contributed by atoms with E-state index in [1.165, 1.54) is 238 Å². The number of phosphoric acid groups is 1. The van der Waals surface area contributed by atoms with Crippen LogP contribution in [0.25, 0.3) is 0 Å². The number of quaternary nitrogens is 1. The largest absolute Gasteiger partial charge is 0.756 e. The predicted molar refractivity (Wildman–Crippen MR) is 330 cm³/mol. The molecule has 0 spiro atoms. The monoisotopic (exact) mass is 1100 g/mol. The summed E-state index contributed by atoms with van der Waals surface area (Å²) in [5.74, 6) is -0.603. The molecule has 0 aliphatic heterocycles. The number of esters is 1. The third-order valence-electron chi connectivity index (χ3n) is 15.1. The number of allylic oxidation sites excluding steroid dienone is 5. The minimum Gasteiger partial charge on any atom is -0.756 e. The first-order chi connectivity index (χ1) is 37.4. The van der Waals surface area contributed by atoms with Crippen LogP contribution in [0.15, 0.2) is 36.5 Å². The van der Waals surface area contributed by atoms with Crippen LogP contribution >= 0.6 is 7.82 Å². The van der Waals surface area contributed by atoms with Crippen molar-refractivity contribution in [3.05, 3.63) is 36.5 Å². The zero-order valence-corrected chi connectivity index (χ0v) is 52.8. The Hall–Kier alpha value is -1.77. The third kappa shape index (κ3) is 58.7. The van der Waals surface area contributed by atoms with Crippen LogP contribution in [0.4, 0.5) is 0 Å². The van der Waals surface area contributed by atoms with Crippen molar-refractivity contribution < 1.29 is 37.3 Å². The molecule has 0 aromatic rings. The van der Waals surface area contributed by atoms with Crippen molar-refractivity contribution >= 4 is 19.7 Å². The van der Waals surface area contributed by atoms with Gasteiger partial charge in [-0.2, -0.15) is 0 Å². The summed E-state index contributed by atoms with van der Waals surface area (Å²) >= 11 is 0. The summed E-state index contributed by atoms with van der Waals surface area (Å²) in [6, 6.07) is -0.915. The molecule has 1 amide bonds. The van der Waals surface area contributed by atoms with E-state index in [9.17, 15) is 19.0 Å². The molecule has 77 heavy (non-hydrogen) atoms. The van der Waals surface area contributed by atoms with E-state index in [4.69, 9.17) is 13.8 Å². The second-order valence-electron chi connectivity index (χ2n) is 24.0. The lowest BCUT2D eigenvalue weighted by Gasteiger charge is -2.30. The number of unbranched alkanes of at least 4 members (excludes halogenated alkanes) is 41. The van der Waals surface area contributed by atoms with Gasteiger partial charge in [0, 0.05) is 12.8 Å². The molecule has 9 nitrogen and oxygen atoms in total. The second kappa shape index (κ2) is 57.5. The van der Waals surface area contributed by atoms with Crippen molar-refractivity contribution in [2.45, 2.75) is 341 Å². The SMILES string of the molecule is CCCCCCCC/C=C\C/C=C/CCC(=O)NC(COP(=O)([O-])OCC[N+](C)(C)C)C(/C=C\CCCCCCCCCCCCC)OC(=O)CCCCCCCCCCCCCCCCCCCCCCCCCCC. The van der Waals surface area contributed by atoms with Gasteiger partial charge >= 0.3 is 5.97 Å². The molecule has 3 unspecified atom stereocenters. The fraction of sp³-hybridized carbons (Fsp3) is 0.881. The summed E-state index contributed by atoms with van der Waals surface area (Å²) in [4.78, 5) is 40.0. The maximum absolute atomic E-state index is 13.5. The Balaban J connectivity index is 5.09. The van der Waals surface area contributed by atoms with Crippen LogP contribution in [0.1, 0.15) is 329 Å². The molecular weight excluding hydrogens is 976 g/mol. The molecular formula is C67H129N2O7P. The van der Waals surface area contributed by atoms with E-state index in [0.29, 0.717) is 17.4 Å². The summed E-state index contributed by atoms with van der Waals surface area (Å²) in [6.07, 6.45) is 70.1. The first kappa shape index (κ1) is 75.2. The molecule has 0 aromatic heterocycles. The highest BCUT2D eigenvalue weighted by Crippen LogP contribution is 2.38. The number of amides is 1. The molecule has 0 rings (SSSR count). The van der Waals surface area contributed by atoms with Gasteiger partial charge in [0.2, 0.25) is 5.91 Å². The topological polar surface area (TPSA) is 114 Å². The summed E-state index contributed by atoms with van der Waals surface area (Å²) in [5, 5.41) is 2.99. The highest BCUT2D eigenvalue weighted by atomic mass is 31.2. The van der Waals surface area contributed by atoms with Crippen molar-refractivity contribution in [3.8, 4) is 0 Å². The third-order valence-corrected chi connectivity index (χ3v) is 16.1. The molecule has 10 heteroatoms. The van der Waals surface area contributed by atoms with Gasteiger partial charge in [-0.05, 0) is 51.0 Å². The fourth-order valence-electron chi connectivity index (χ4n) is 9.93. The average molecular weight is 1110 g/mol. The molecule has 0 saturated heterocycles. The number of rotatable bonds is 61. The van der Waals surface area contributed by atoms with E-state index in [-0.39, 0.29) is 31.3 Å². The van der Waals surface area contributed by atoms with E-state index in [1.54, 1.807) is 0 Å². The lowest BCUT2D eigenvalue weighted by atomic mass is 10.0. The molecule has 0 aromatic carbocycles. The first-order valence-corrected chi connectivity index (χ1v) is 34.8. The smallest absolute Gasteiger partial charge is 0.306 e. The van der Waals surface area contributed by atoms with Crippen molar-refractivity contribution in [1.29, 1.82) is 0 Å². The zero-order valence-electron chi connectivity index (χ0n) is 51.9. The maximum atomic E-state index is 13.5. The normalized spacial score (nSPS) is 13.8. The number of likely N-dealkylation sites (N-methyl/N-ethyl adjacent to an activating group) is 1. The van der Waals surface area contributed by atoms with E-state index >= 15 is 0 Å². The van der Waals surface area contributed by atoms with Gasteiger partial charge in [-0.15, -0.1) is 0 Å². The lowest BCUT2D eigenvalue weighted by Crippen LogP contribution is -2.47. The van der Waals surface area contributed by atoms with Crippen molar-refractivity contribution in [1.82, 2.24) is 5.32 Å². The molecule has 0 aliphatic rings. The highest BCUT2D eigenvalue weighted by Gasteiger charge is 2.27. The Labute approximate surface area is 478 Å². The van der Waals surface area contributed by atoms with Gasteiger partial charge in [0.05, 0.1) is 33.8 Å². The van der Waals surface area contributed by atoms with Crippen molar-refractivity contribution in [2.75, 3.05) is 40.9 Å². The Bertz CT molecular complexity index is 1410. The zero-order chi connectivity index (χ0) is 56.4. The van der Waals surface area contributed by atoms with Gasteiger partial charge < -0.3 is 28.5 Å². The first-order valence-electron chi connectivity index (χ1n) is 33.3. The Kier molecular flexibility index (Phi) is 56.1. The van der Waals surface area contributed by atoms with Crippen LogP contribution in [0, 0.1) is 0 Å². The number of hydrogen-bond acceptors (Lipinski definition) is 7. The van der Waals surface area contributed by atoms with Gasteiger partial charge in [-0.25, -0.2) is 0 Å². The van der Waals surface area contributed by atoms with Crippen molar-refractivity contribution in [3.63, 3.8) is 0 Å². The molecule has 0 radical (unpaired) electrons. The maximum Gasteiger partial charge on any atom is 0.306 e. The number of hydrogen-bond donors (Lipinski definition) is 1. The van der Waals surface area contributed by atoms with Gasteiger partial charge in [0.15, 0.2) is 0 Å². The predicted octanol–water partition coefficient (Wildman–Crippen LogP) is 20.0. The number of carbonyl (C=O) groups is 2. The minimum absolute atomic E-state index is 0.0290. The van der Waals surface area contributed by atoms with E-state index in [1.807, 2.05) is 39.4 Å². The molecule has 0 aliphatic carbocycles. The number of carbonyl (C=O) groups excluding carboxylic acids is 2. The van der Waals surface area contributed by atoms with Crippen LogP contribution in [-0.4, -0.2) is 69.4 Å². The molecule has 454 valence electrons. The number of ether oxygens (including phenoxy) is 1. The second-order valence-corrected chi connectivity index (χ2v) is 25.4. The summed E-state index contributed by atoms with van der Waals surface area (Å²) in [7, 11) is 1.17. The standard InChI is InChI=1S/C67H129N2O7P/c1-7-10-13-16-19-22-25-28-29-30-31-32-33-34-35-36-37-38-39-42-45-48-51-54-57-60-67(71)76-65(58-55-52-49-46-43-40-26-23-20-17-14-11-8-2)64(63-75-77(72,73)74-62-61-69(4,5)6)68-66(70)59-56-53-50-47-44-41-27-24-21-18-15-12-9-3/h41,44,50,53,55,58,64-65H,7-40,42-43,45-49,51-52,54,56-57,59-63H2,1-6H3,(H-,68,70,72,73)/b44-41-,53-50+,58-55-. The highest BCUT2D eigenvalue weighted by molar-refractivity contribution is 7.45. The summed E-state index contributed by atoms with van der Waals surface area (Å²) in [5.41, 5.74) is 0. The van der Waals surface area contributed by atoms with Crippen LogP contribution in [0.3, 0.4) is 0 Å². The van der Waals surface area contributed by atoms with Gasteiger partial charge in [-0.3, -0.25) is 14.2 Å². The molecule has 3 atom stereocenters. The van der Waals surface area contributed by atoms with Crippen LogP contribution in [0.5, 0.6) is 0 Å². The quantitative estimate of drug-likeness (QED) is 0.0212. The number of nitrogens with zero attached hydrogens (tertiary/aromatic N) is 1. The van der Waals surface area contributed by atoms with Crippen LogP contribution in [0.2, 0.25) is 0 Å². The minimum atomic E-state index is -4.71. The Morgan fingerprint density at radius 3 is 1.19 bits per heavy atom. The Morgan fingerprint density at radius 1 is 0.455 bits per heavy atom. The molecule has 0 bridgehead atoms. The van der Waals surface area contributed by atoms with Gasteiger partial charge in [-0.1, -0.05) is 302 Å².